The molecule has 5 heteroatoms. The Balaban J connectivity index is 1.95. The van der Waals surface area contributed by atoms with Crippen LogP contribution in [-0.4, -0.2) is 23.1 Å². The lowest BCUT2D eigenvalue weighted by molar-refractivity contribution is 0.0951. The molecule has 1 amide bonds. The van der Waals surface area contributed by atoms with E-state index in [1.807, 2.05) is 24.3 Å². The molecule has 0 radical (unpaired) electrons. The van der Waals surface area contributed by atoms with E-state index in [4.69, 9.17) is 10.0 Å². The average Bonchev–Trinajstić information content (AvgIpc) is 2.53. The Morgan fingerprint density at radius 2 is 1.71 bits per heavy atom. The number of benzene rings is 2. The van der Waals surface area contributed by atoms with Crippen LogP contribution in [0, 0.1) is 0 Å². The lowest BCUT2D eigenvalue weighted by Crippen LogP contribution is -2.30. The molecule has 0 fully saturated rings. The van der Waals surface area contributed by atoms with Crippen molar-refractivity contribution in [1.29, 1.82) is 0 Å². The summed E-state index contributed by atoms with van der Waals surface area (Å²) in [5.74, 6) is -0.207. The van der Waals surface area contributed by atoms with Crippen LogP contribution in [0.15, 0.2) is 55.1 Å². The predicted molar refractivity (Wildman–Crippen MR) is 84.0 cm³/mol. The highest BCUT2D eigenvalue weighted by Crippen LogP contribution is 2.06. The maximum atomic E-state index is 12.0. The van der Waals surface area contributed by atoms with E-state index in [0.29, 0.717) is 17.6 Å². The van der Waals surface area contributed by atoms with Gasteiger partial charge in [0.15, 0.2) is 0 Å². The van der Waals surface area contributed by atoms with Gasteiger partial charge in [0, 0.05) is 12.1 Å². The van der Waals surface area contributed by atoms with Crippen molar-refractivity contribution in [1.82, 2.24) is 5.32 Å². The van der Waals surface area contributed by atoms with Gasteiger partial charge in [0.1, 0.15) is 0 Å². The Labute approximate surface area is 123 Å². The molecule has 0 aliphatic heterocycles. The number of nitrogens with one attached hydrogen (secondary N) is 1. The van der Waals surface area contributed by atoms with Gasteiger partial charge in [-0.2, -0.15) is 0 Å². The minimum absolute atomic E-state index is 0.207. The number of hydrogen-bond donors (Lipinski definition) is 3. The van der Waals surface area contributed by atoms with Crippen molar-refractivity contribution < 1.29 is 14.8 Å². The fourth-order valence-corrected chi connectivity index (χ4v) is 1.86. The summed E-state index contributed by atoms with van der Waals surface area (Å²) in [6, 6.07) is 13.9. The van der Waals surface area contributed by atoms with Gasteiger partial charge in [-0.3, -0.25) is 4.79 Å². The number of carbonyl (C=O) groups excluding carboxylic acids is 1. The Morgan fingerprint density at radius 3 is 2.24 bits per heavy atom. The molecule has 4 nitrogen and oxygen atoms in total. The molecule has 0 aromatic heterocycles. The summed E-state index contributed by atoms with van der Waals surface area (Å²) < 4.78 is 0. The molecule has 21 heavy (non-hydrogen) atoms. The zero-order chi connectivity index (χ0) is 15.2. The molecule has 106 valence electrons. The first kappa shape index (κ1) is 15.0. The molecule has 0 heterocycles. The first-order chi connectivity index (χ1) is 10.1. The molecule has 2 aromatic carbocycles. The highest BCUT2D eigenvalue weighted by atomic mass is 16.4. The zero-order valence-electron chi connectivity index (χ0n) is 11.5. The molecule has 0 saturated carbocycles. The normalized spacial score (nSPS) is 10.0. The summed E-state index contributed by atoms with van der Waals surface area (Å²) in [4.78, 5) is 12.0. The molecule has 2 rings (SSSR count). The zero-order valence-corrected chi connectivity index (χ0v) is 11.5. The SMILES string of the molecule is C=Cc1ccc(CNC(=O)c2ccc(B(O)O)cc2)cc1. The maximum Gasteiger partial charge on any atom is 0.488 e. The Hall–Kier alpha value is -2.37. The quantitative estimate of drug-likeness (QED) is 0.714. The van der Waals surface area contributed by atoms with E-state index >= 15 is 0 Å². The number of hydrogen-bond acceptors (Lipinski definition) is 3. The summed E-state index contributed by atoms with van der Waals surface area (Å²) in [5.41, 5.74) is 2.85. The lowest BCUT2D eigenvalue weighted by Gasteiger charge is -2.07. The van der Waals surface area contributed by atoms with Gasteiger partial charge in [-0.05, 0) is 28.7 Å². The minimum Gasteiger partial charge on any atom is -0.423 e. The number of amides is 1. The largest absolute Gasteiger partial charge is 0.488 e. The molecule has 3 N–H and O–H groups in total. The monoisotopic (exact) mass is 281 g/mol. The third kappa shape index (κ3) is 4.05. The average molecular weight is 281 g/mol. The van der Waals surface area contributed by atoms with Gasteiger partial charge in [-0.15, -0.1) is 0 Å². The molecule has 0 spiro atoms. The van der Waals surface area contributed by atoms with Crippen LogP contribution in [0.5, 0.6) is 0 Å². The molecule has 0 bridgehead atoms. The van der Waals surface area contributed by atoms with E-state index in [-0.39, 0.29) is 5.91 Å². The summed E-state index contributed by atoms with van der Waals surface area (Å²) in [6.07, 6.45) is 1.76. The van der Waals surface area contributed by atoms with E-state index in [2.05, 4.69) is 11.9 Å². The van der Waals surface area contributed by atoms with Gasteiger partial charge >= 0.3 is 7.12 Å². The molecule has 0 atom stereocenters. The Kier molecular flexibility index (Phi) is 4.92. The van der Waals surface area contributed by atoms with E-state index in [1.54, 1.807) is 18.2 Å². The highest BCUT2D eigenvalue weighted by molar-refractivity contribution is 6.58. The second-order valence-electron chi connectivity index (χ2n) is 4.62. The Bertz CT molecular complexity index is 621. The second-order valence-corrected chi connectivity index (χ2v) is 4.62. The van der Waals surface area contributed by atoms with Crippen LogP contribution in [0.1, 0.15) is 21.5 Å². The smallest absolute Gasteiger partial charge is 0.423 e. The molecular formula is C16H16BNO3. The van der Waals surface area contributed by atoms with Gasteiger partial charge in [0.05, 0.1) is 0 Å². The molecule has 0 saturated heterocycles. The van der Waals surface area contributed by atoms with E-state index in [9.17, 15) is 4.79 Å². The third-order valence-electron chi connectivity index (χ3n) is 3.14. The van der Waals surface area contributed by atoms with Gasteiger partial charge < -0.3 is 15.4 Å². The van der Waals surface area contributed by atoms with Crippen molar-refractivity contribution in [3.63, 3.8) is 0 Å². The fraction of sp³-hybridized carbons (Fsp3) is 0.0625. The van der Waals surface area contributed by atoms with Gasteiger partial charge in [-0.1, -0.05) is 49.1 Å². The van der Waals surface area contributed by atoms with E-state index in [1.165, 1.54) is 12.1 Å². The van der Waals surface area contributed by atoms with Gasteiger partial charge in [-0.25, -0.2) is 0 Å². The third-order valence-corrected chi connectivity index (χ3v) is 3.14. The first-order valence-corrected chi connectivity index (χ1v) is 6.56. The molecule has 0 aliphatic rings. The van der Waals surface area contributed by atoms with Crippen LogP contribution in [-0.2, 0) is 6.54 Å². The minimum atomic E-state index is -1.52. The van der Waals surface area contributed by atoms with Crippen LogP contribution >= 0.6 is 0 Å². The summed E-state index contributed by atoms with van der Waals surface area (Å²) in [7, 11) is -1.52. The maximum absolute atomic E-state index is 12.0. The van der Waals surface area contributed by atoms with Crippen LogP contribution < -0.4 is 10.8 Å². The summed E-state index contributed by atoms with van der Waals surface area (Å²) in [5, 5.41) is 20.8. The summed E-state index contributed by atoms with van der Waals surface area (Å²) >= 11 is 0. The van der Waals surface area contributed by atoms with Gasteiger partial charge in [0.2, 0.25) is 0 Å². The van der Waals surface area contributed by atoms with Crippen molar-refractivity contribution in [3.8, 4) is 0 Å². The molecule has 2 aromatic rings. The van der Waals surface area contributed by atoms with Crippen LogP contribution in [0.3, 0.4) is 0 Å². The fourth-order valence-electron chi connectivity index (χ4n) is 1.86. The summed E-state index contributed by atoms with van der Waals surface area (Å²) in [6.45, 7) is 4.12. The Morgan fingerprint density at radius 1 is 1.10 bits per heavy atom. The van der Waals surface area contributed by atoms with Crippen molar-refractivity contribution in [3.05, 3.63) is 71.8 Å². The van der Waals surface area contributed by atoms with Crippen LogP contribution in [0.4, 0.5) is 0 Å². The van der Waals surface area contributed by atoms with E-state index < -0.39 is 7.12 Å². The predicted octanol–water partition coefficient (Wildman–Crippen LogP) is 0.939. The topological polar surface area (TPSA) is 69.6 Å². The number of carbonyl (C=O) groups is 1. The van der Waals surface area contributed by atoms with Gasteiger partial charge in [0.25, 0.3) is 5.91 Å². The highest BCUT2D eigenvalue weighted by Gasteiger charge is 2.11. The van der Waals surface area contributed by atoms with Crippen molar-refractivity contribution in [2.24, 2.45) is 0 Å². The van der Waals surface area contributed by atoms with E-state index in [0.717, 1.165) is 11.1 Å². The van der Waals surface area contributed by atoms with Crippen molar-refractivity contribution in [2.75, 3.05) is 0 Å². The molecule has 0 unspecified atom stereocenters. The van der Waals surface area contributed by atoms with Crippen LogP contribution in [0.25, 0.3) is 6.08 Å². The standard InChI is InChI=1S/C16H16BNO3/c1-2-12-3-5-13(6-4-12)11-18-16(19)14-7-9-15(10-8-14)17(20)21/h2-10,20-21H,1,11H2,(H,18,19). The van der Waals surface area contributed by atoms with Crippen LogP contribution in [0.2, 0.25) is 0 Å². The van der Waals surface area contributed by atoms with Crippen molar-refractivity contribution >= 4 is 24.6 Å². The molecule has 0 aliphatic carbocycles. The second kappa shape index (κ2) is 6.88. The molecular weight excluding hydrogens is 265 g/mol. The lowest BCUT2D eigenvalue weighted by atomic mass is 9.80. The first-order valence-electron chi connectivity index (χ1n) is 6.56. The number of rotatable bonds is 5. The van der Waals surface area contributed by atoms with Crippen molar-refractivity contribution in [2.45, 2.75) is 6.54 Å².